The summed E-state index contributed by atoms with van der Waals surface area (Å²) in [5.74, 6) is 0.559. The quantitative estimate of drug-likeness (QED) is 0.874. The van der Waals surface area contributed by atoms with Crippen molar-refractivity contribution < 1.29 is 19.1 Å². The fraction of sp³-hybridized carbons (Fsp3) is 0.316. The smallest absolute Gasteiger partial charge is 0.260 e. The second-order valence-electron chi connectivity index (χ2n) is 6.03. The molecule has 2 amide bonds. The minimum Gasteiger partial charge on any atom is -0.497 e. The molecular weight excluding hydrogens is 366 g/mol. The molecule has 1 aliphatic rings. The van der Waals surface area contributed by atoms with E-state index in [1.54, 1.807) is 23.1 Å². The van der Waals surface area contributed by atoms with Gasteiger partial charge in [0.05, 0.1) is 31.9 Å². The van der Waals surface area contributed by atoms with Gasteiger partial charge in [-0.25, -0.2) is 0 Å². The van der Waals surface area contributed by atoms with Gasteiger partial charge in [-0.1, -0.05) is 0 Å². The molecule has 0 spiro atoms. The summed E-state index contributed by atoms with van der Waals surface area (Å²) in [5, 5.41) is 12.9. The van der Waals surface area contributed by atoms with Gasteiger partial charge >= 0.3 is 0 Å². The van der Waals surface area contributed by atoms with Crippen molar-refractivity contribution in [1.29, 1.82) is 5.26 Å². The van der Waals surface area contributed by atoms with E-state index in [1.807, 2.05) is 0 Å². The summed E-state index contributed by atoms with van der Waals surface area (Å²) < 4.78 is 10.4. The zero-order valence-electron chi connectivity index (χ0n) is 15.3. The Labute approximate surface area is 161 Å². The van der Waals surface area contributed by atoms with Crippen LogP contribution in [0.25, 0.3) is 0 Å². The van der Waals surface area contributed by atoms with Gasteiger partial charge in [-0.05, 0) is 30.2 Å². The van der Waals surface area contributed by atoms with E-state index in [1.165, 1.54) is 32.5 Å². The fourth-order valence-corrected chi connectivity index (χ4v) is 4.25. The average molecular weight is 385 g/mol. The summed E-state index contributed by atoms with van der Waals surface area (Å²) in [6.45, 7) is 2.56. The lowest BCUT2D eigenvalue weighted by Crippen LogP contribution is -2.33. The molecule has 2 heterocycles. The summed E-state index contributed by atoms with van der Waals surface area (Å²) in [6, 6.07) is 7.14. The van der Waals surface area contributed by atoms with E-state index in [4.69, 9.17) is 9.47 Å². The summed E-state index contributed by atoms with van der Waals surface area (Å²) in [7, 11) is 3.00. The third-order valence-electron chi connectivity index (χ3n) is 4.49. The topological polar surface area (TPSA) is 91.7 Å². The van der Waals surface area contributed by atoms with E-state index in [0.717, 1.165) is 10.4 Å². The number of benzene rings is 1. The molecule has 7 nitrogen and oxygen atoms in total. The number of anilines is 1. The van der Waals surface area contributed by atoms with Crippen LogP contribution < -0.4 is 14.8 Å². The highest BCUT2D eigenvalue weighted by Gasteiger charge is 2.27. The molecule has 1 aromatic heterocycles. The van der Waals surface area contributed by atoms with Crippen LogP contribution in [0, 0.1) is 11.3 Å². The van der Waals surface area contributed by atoms with Crippen LogP contribution in [-0.2, 0) is 17.8 Å². The van der Waals surface area contributed by atoms with Gasteiger partial charge in [0, 0.05) is 18.3 Å². The molecule has 0 aliphatic carbocycles. The molecule has 27 heavy (non-hydrogen) atoms. The van der Waals surface area contributed by atoms with Gasteiger partial charge in [-0.3, -0.25) is 9.59 Å². The predicted octanol–water partition coefficient (Wildman–Crippen LogP) is 2.79. The van der Waals surface area contributed by atoms with Gasteiger partial charge in [-0.2, -0.15) is 5.26 Å². The zero-order valence-corrected chi connectivity index (χ0v) is 16.1. The molecule has 2 aromatic rings. The average Bonchev–Trinajstić information content (AvgIpc) is 3.03. The number of methoxy groups -OCH3 is 2. The lowest BCUT2D eigenvalue weighted by Gasteiger charge is -2.25. The highest BCUT2D eigenvalue weighted by atomic mass is 32.1. The van der Waals surface area contributed by atoms with Crippen molar-refractivity contribution >= 4 is 28.2 Å². The number of thiophene rings is 1. The number of carbonyl (C=O) groups excluding carboxylic acids is 2. The molecule has 3 rings (SSSR count). The normalized spacial score (nSPS) is 12.7. The third-order valence-corrected chi connectivity index (χ3v) is 5.62. The highest BCUT2D eigenvalue weighted by Crippen LogP contribution is 2.37. The molecular formula is C19H19N3O4S. The van der Waals surface area contributed by atoms with Crippen molar-refractivity contribution in [3.05, 3.63) is 39.8 Å². The lowest BCUT2D eigenvalue weighted by molar-refractivity contribution is -0.129. The Bertz CT molecular complexity index is 945. The van der Waals surface area contributed by atoms with Crippen LogP contribution in [0.3, 0.4) is 0 Å². The second kappa shape index (κ2) is 7.68. The van der Waals surface area contributed by atoms with Gasteiger partial charge in [-0.15, -0.1) is 11.3 Å². The molecule has 1 N–H and O–H groups in total. The van der Waals surface area contributed by atoms with E-state index in [9.17, 15) is 14.9 Å². The maximum Gasteiger partial charge on any atom is 0.260 e. The van der Waals surface area contributed by atoms with Crippen LogP contribution in [0.5, 0.6) is 11.5 Å². The van der Waals surface area contributed by atoms with Gasteiger partial charge in [0.1, 0.15) is 22.6 Å². The fourth-order valence-electron chi connectivity index (χ4n) is 3.04. The second-order valence-corrected chi connectivity index (χ2v) is 7.14. The first-order valence-electron chi connectivity index (χ1n) is 8.32. The predicted molar refractivity (Wildman–Crippen MR) is 101 cm³/mol. The number of amides is 2. The van der Waals surface area contributed by atoms with E-state index in [-0.39, 0.29) is 11.8 Å². The lowest BCUT2D eigenvalue weighted by atomic mass is 10.0. The molecule has 0 bridgehead atoms. The van der Waals surface area contributed by atoms with Crippen molar-refractivity contribution in [3.63, 3.8) is 0 Å². The Hall–Kier alpha value is -3.05. The maximum atomic E-state index is 12.8. The number of hydrogen-bond donors (Lipinski definition) is 1. The Kier molecular flexibility index (Phi) is 5.33. The van der Waals surface area contributed by atoms with Crippen molar-refractivity contribution in [2.75, 3.05) is 26.1 Å². The summed E-state index contributed by atoms with van der Waals surface area (Å²) in [4.78, 5) is 27.1. The third kappa shape index (κ3) is 3.59. The minimum atomic E-state index is -0.385. The number of nitriles is 1. The Balaban J connectivity index is 1.92. The number of nitrogens with one attached hydrogen (secondary N) is 1. The number of hydrogen-bond acceptors (Lipinski definition) is 6. The van der Waals surface area contributed by atoms with Crippen LogP contribution in [0.2, 0.25) is 0 Å². The van der Waals surface area contributed by atoms with Crippen LogP contribution >= 0.6 is 11.3 Å². The first-order chi connectivity index (χ1) is 13.0. The van der Waals surface area contributed by atoms with Gasteiger partial charge < -0.3 is 19.7 Å². The number of rotatable bonds is 4. The summed E-state index contributed by atoms with van der Waals surface area (Å²) in [6.07, 6.45) is 0.604. The molecule has 140 valence electrons. The first-order valence-corrected chi connectivity index (χ1v) is 9.13. The van der Waals surface area contributed by atoms with Crippen LogP contribution in [0.4, 0.5) is 5.00 Å². The maximum absolute atomic E-state index is 12.8. The molecule has 0 saturated heterocycles. The molecule has 0 unspecified atom stereocenters. The summed E-state index contributed by atoms with van der Waals surface area (Å²) in [5.41, 5.74) is 1.69. The van der Waals surface area contributed by atoms with Gasteiger partial charge in [0.15, 0.2) is 0 Å². The monoisotopic (exact) mass is 385 g/mol. The summed E-state index contributed by atoms with van der Waals surface area (Å²) >= 11 is 1.33. The number of nitrogens with zero attached hydrogens (tertiary/aromatic N) is 2. The number of ether oxygens (including phenoxy) is 2. The van der Waals surface area contributed by atoms with Gasteiger partial charge in [0.2, 0.25) is 5.91 Å². The Morgan fingerprint density at radius 2 is 2.07 bits per heavy atom. The Morgan fingerprint density at radius 1 is 1.30 bits per heavy atom. The highest BCUT2D eigenvalue weighted by molar-refractivity contribution is 7.16. The standard InChI is InChI=1S/C19H19N3O4S/c1-11(23)22-7-6-13-15(9-20)19(27-17(13)10-22)21-18(24)14-8-12(25-2)4-5-16(14)26-3/h4-5,8H,6-7,10H2,1-3H3,(H,21,24). The minimum absolute atomic E-state index is 0.000685. The first kappa shape index (κ1) is 18.7. The van der Waals surface area contributed by atoms with Crippen molar-refractivity contribution in [3.8, 4) is 17.6 Å². The largest absolute Gasteiger partial charge is 0.497 e. The molecule has 1 aromatic carbocycles. The van der Waals surface area contributed by atoms with Crippen LogP contribution in [-0.4, -0.2) is 37.5 Å². The molecule has 0 radical (unpaired) electrons. The molecule has 1 aliphatic heterocycles. The van der Waals surface area contributed by atoms with Crippen molar-refractivity contribution in [2.45, 2.75) is 19.9 Å². The van der Waals surface area contributed by atoms with Gasteiger partial charge in [0.25, 0.3) is 5.91 Å². The van der Waals surface area contributed by atoms with E-state index >= 15 is 0 Å². The van der Waals surface area contributed by atoms with E-state index in [2.05, 4.69) is 11.4 Å². The zero-order chi connectivity index (χ0) is 19.6. The van der Waals surface area contributed by atoms with Crippen molar-refractivity contribution in [2.24, 2.45) is 0 Å². The van der Waals surface area contributed by atoms with E-state index < -0.39 is 0 Å². The molecule has 8 heteroatoms. The molecule has 0 saturated carbocycles. The SMILES string of the molecule is COc1ccc(OC)c(C(=O)Nc2sc3c(c2C#N)CCN(C(C)=O)C3)c1. The van der Waals surface area contributed by atoms with E-state index in [0.29, 0.717) is 47.1 Å². The number of carbonyl (C=O) groups is 2. The number of fused-ring (bicyclic) bond motifs is 1. The van der Waals surface area contributed by atoms with Crippen LogP contribution in [0.15, 0.2) is 18.2 Å². The van der Waals surface area contributed by atoms with Crippen molar-refractivity contribution in [1.82, 2.24) is 4.90 Å². The Morgan fingerprint density at radius 3 is 2.70 bits per heavy atom. The van der Waals surface area contributed by atoms with Crippen LogP contribution in [0.1, 0.15) is 33.3 Å². The molecule has 0 atom stereocenters. The molecule has 0 fully saturated rings.